The highest BCUT2D eigenvalue weighted by atomic mass is 32.1. The van der Waals surface area contributed by atoms with E-state index in [9.17, 15) is 9.59 Å². The lowest BCUT2D eigenvalue weighted by Gasteiger charge is -2.09. The SMILES string of the molecule is COc1ccccc1C=CC(=O)NC(=S)NNC(=O)c1ccncc1. The lowest BCUT2D eigenvalue weighted by molar-refractivity contribution is -0.115. The summed E-state index contributed by atoms with van der Waals surface area (Å²) >= 11 is 4.95. The Hall–Kier alpha value is -3.26. The van der Waals surface area contributed by atoms with E-state index in [-0.39, 0.29) is 5.11 Å². The average molecular weight is 356 g/mol. The first-order valence-corrected chi connectivity index (χ1v) is 7.63. The molecule has 0 spiro atoms. The standard InChI is InChI=1S/C17H16N4O3S/c1-24-14-5-3-2-4-12(14)6-7-15(22)19-17(25)21-20-16(23)13-8-10-18-11-9-13/h2-11H,1H3,(H,20,23)(H2,19,21,22,25). The van der Waals surface area contributed by atoms with Gasteiger partial charge in [0.1, 0.15) is 5.75 Å². The summed E-state index contributed by atoms with van der Waals surface area (Å²) < 4.78 is 5.19. The Kier molecular flexibility index (Phi) is 6.61. The summed E-state index contributed by atoms with van der Waals surface area (Å²) in [5.41, 5.74) is 6.00. The monoisotopic (exact) mass is 356 g/mol. The molecule has 0 radical (unpaired) electrons. The van der Waals surface area contributed by atoms with Crippen molar-refractivity contribution in [3.05, 3.63) is 66.0 Å². The van der Waals surface area contributed by atoms with Crippen molar-refractivity contribution in [2.75, 3.05) is 7.11 Å². The average Bonchev–Trinajstić information content (AvgIpc) is 2.65. The van der Waals surface area contributed by atoms with Gasteiger partial charge in [-0.05, 0) is 36.5 Å². The quantitative estimate of drug-likeness (QED) is 0.436. The molecule has 0 aliphatic rings. The van der Waals surface area contributed by atoms with Gasteiger partial charge in [-0.2, -0.15) is 0 Å². The number of aromatic nitrogens is 1. The number of carbonyl (C=O) groups excluding carboxylic acids is 2. The maximum absolute atomic E-state index is 11.9. The van der Waals surface area contributed by atoms with E-state index in [4.69, 9.17) is 17.0 Å². The van der Waals surface area contributed by atoms with Crippen LogP contribution in [0.15, 0.2) is 54.9 Å². The van der Waals surface area contributed by atoms with E-state index >= 15 is 0 Å². The molecular weight excluding hydrogens is 340 g/mol. The molecule has 2 rings (SSSR count). The second-order valence-corrected chi connectivity index (χ2v) is 5.12. The van der Waals surface area contributed by atoms with E-state index < -0.39 is 11.8 Å². The van der Waals surface area contributed by atoms with Crippen LogP contribution in [-0.4, -0.2) is 29.0 Å². The number of hydrazine groups is 1. The van der Waals surface area contributed by atoms with E-state index in [0.29, 0.717) is 11.3 Å². The number of carbonyl (C=O) groups is 2. The first-order chi connectivity index (χ1) is 12.1. The Morgan fingerprint density at radius 1 is 1.12 bits per heavy atom. The largest absolute Gasteiger partial charge is 0.496 e. The highest BCUT2D eigenvalue weighted by Gasteiger charge is 2.06. The molecule has 0 saturated carbocycles. The Labute approximate surface area is 150 Å². The third kappa shape index (κ3) is 5.70. The maximum atomic E-state index is 11.9. The van der Waals surface area contributed by atoms with Gasteiger partial charge in [-0.25, -0.2) is 0 Å². The van der Waals surface area contributed by atoms with Crippen molar-refractivity contribution in [3.8, 4) is 5.75 Å². The summed E-state index contributed by atoms with van der Waals surface area (Å²) in [7, 11) is 1.55. The van der Waals surface area contributed by atoms with E-state index in [0.717, 1.165) is 5.56 Å². The molecule has 1 heterocycles. The number of ether oxygens (including phenoxy) is 1. The van der Waals surface area contributed by atoms with Crippen molar-refractivity contribution < 1.29 is 14.3 Å². The third-order valence-electron chi connectivity index (χ3n) is 3.02. The van der Waals surface area contributed by atoms with Gasteiger partial charge < -0.3 is 4.74 Å². The smallest absolute Gasteiger partial charge is 0.269 e. The molecule has 1 aromatic heterocycles. The first-order valence-electron chi connectivity index (χ1n) is 7.22. The van der Waals surface area contributed by atoms with Crippen LogP contribution in [0, 0.1) is 0 Å². The molecular formula is C17H16N4O3S. The zero-order valence-electron chi connectivity index (χ0n) is 13.4. The summed E-state index contributed by atoms with van der Waals surface area (Å²) in [4.78, 5) is 27.5. The highest BCUT2D eigenvalue weighted by Crippen LogP contribution is 2.18. The number of rotatable bonds is 4. The Morgan fingerprint density at radius 2 is 1.84 bits per heavy atom. The normalized spacial score (nSPS) is 10.1. The van der Waals surface area contributed by atoms with Crippen LogP contribution >= 0.6 is 12.2 Å². The van der Waals surface area contributed by atoms with Gasteiger partial charge in [0.05, 0.1) is 7.11 Å². The summed E-state index contributed by atoms with van der Waals surface area (Å²) in [6.07, 6.45) is 5.91. The summed E-state index contributed by atoms with van der Waals surface area (Å²) in [6.45, 7) is 0. The maximum Gasteiger partial charge on any atom is 0.269 e. The van der Waals surface area contributed by atoms with Crippen molar-refractivity contribution in [3.63, 3.8) is 0 Å². The molecule has 0 aliphatic carbocycles. The fourth-order valence-electron chi connectivity index (χ4n) is 1.84. The first kappa shape index (κ1) is 18.1. The zero-order chi connectivity index (χ0) is 18.1. The van der Waals surface area contributed by atoms with Crippen LogP contribution in [0.5, 0.6) is 5.75 Å². The van der Waals surface area contributed by atoms with Gasteiger partial charge in [-0.1, -0.05) is 18.2 Å². The minimum Gasteiger partial charge on any atom is -0.496 e. The molecule has 0 saturated heterocycles. The van der Waals surface area contributed by atoms with Crippen molar-refractivity contribution >= 4 is 35.2 Å². The molecule has 7 nitrogen and oxygen atoms in total. The Balaban J connectivity index is 1.83. The van der Waals surface area contributed by atoms with E-state index in [1.54, 1.807) is 31.4 Å². The zero-order valence-corrected chi connectivity index (χ0v) is 14.2. The van der Waals surface area contributed by atoms with Crippen LogP contribution in [-0.2, 0) is 4.79 Å². The highest BCUT2D eigenvalue weighted by molar-refractivity contribution is 7.80. The minimum atomic E-state index is -0.443. The number of hydrogen-bond acceptors (Lipinski definition) is 5. The number of para-hydroxylation sites is 1. The lowest BCUT2D eigenvalue weighted by atomic mass is 10.2. The molecule has 0 aliphatic heterocycles. The summed E-state index contributed by atoms with van der Waals surface area (Å²) in [5, 5.41) is 2.39. The number of nitrogens with one attached hydrogen (secondary N) is 3. The van der Waals surface area contributed by atoms with Gasteiger partial charge >= 0.3 is 0 Å². The molecule has 0 unspecified atom stereocenters. The van der Waals surface area contributed by atoms with Gasteiger partial charge in [0.15, 0.2) is 5.11 Å². The molecule has 2 aromatic rings. The lowest BCUT2D eigenvalue weighted by Crippen LogP contribution is -2.48. The molecule has 1 aromatic carbocycles. The van der Waals surface area contributed by atoms with Crippen molar-refractivity contribution in [2.45, 2.75) is 0 Å². The number of benzene rings is 1. The Morgan fingerprint density at radius 3 is 2.56 bits per heavy atom. The van der Waals surface area contributed by atoms with Gasteiger partial charge in [0.25, 0.3) is 5.91 Å². The van der Waals surface area contributed by atoms with Gasteiger partial charge in [-0.3, -0.25) is 30.7 Å². The van der Waals surface area contributed by atoms with E-state index in [1.807, 2.05) is 18.2 Å². The topological polar surface area (TPSA) is 92.4 Å². The molecule has 0 bridgehead atoms. The molecule has 2 amide bonds. The predicted octanol–water partition coefficient (Wildman–Crippen LogP) is 1.44. The molecule has 25 heavy (non-hydrogen) atoms. The van der Waals surface area contributed by atoms with Crippen LogP contribution in [0.3, 0.4) is 0 Å². The number of thiocarbonyl (C=S) groups is 1. The van der Waals surface area contributed by atoms with Crippen LogP contribution in [0.25, 0.3) is 6.08 Å². The number of hydrogen-bond donors (Lipinski definition) is 3. The van der Waals surface area contributed by atoms with Gasteiger partial charge in [-0.15, -0.1) is 0 Å². The van der Waals surface area contributed by atoms with Crippen LogP contribution in [0.2, 0.25) is 0 Å². The van der Waals surface area contributed by atoms with Crippen LogP contribution < -0.4 is 20.9 Å². The van der Waals surface area contributed by atoms with Crippen molar-refractivity contribution in [2.24, 2.45) is 0 Å². The van der Waals surface area contributed by atoms with Crippen molar-refractivity contribution in [1.29, 1.82) is 0 Å². The van der Waals surface area contributed by atoms with Crippen LogP contribution in [0.4, 0.5) is 0 Å². The van der Waals surface area contributed by atoms with Gasteiger partial charge in [0, 0.05) is 29.6 Å². The van der Waals surface area contributed by atoms with E-state index in [1.165, 1.54) is 18.5 Å². The number of methoxy groups -OCH3 is 1. The predicted molar refractivity (Wildman–Crippen MR) is 97.6 cm³/mol. The number of pyridine rings is 1. The number of nitrogens with zero attached hydrogens (tertiary/aromatic N) is 1. The fraction of sp³-hybridized carbons (Fsp3) is 0.0588. The molecule has 128 valence electrons. The Bertz CT molecular complexity index is 793. The molecule has 3 N–H and O–H groups in total. The second-order valence-electron chi connectivity index (χ2n) is 4.71. The van der Waals surface area contributed by atoms with Crippen LogP contribution in [0.1, 0.15) is 15.9 Å². The third-order valence-corrected chi connectivity index (χ3v) is 3.23. The molecule has 0 fully saturated rings. The van der Waals surface area contributed by atoms with Gasteiger partial charge in [0.2, 0.25) is 5.91 Å². The molecule has 8 heteroatoms. The van der Waals surface area contributed by atoms with E-state index in [2.05, 4.69) is 21.2 Å². The number of amides is 2. The summed E-state index contributed by atoms with van der Waals surface area (Å²) in [5.74, 6) is -0.193. The minimum absolute atomic E-state index is 0.0305. The summed E-state index contributed by atoms with van der Waals surface area (Å²) in [6, 6.07) is 10.4. The molecule has 0 atom stereocenters. The van der Waals surface area contributed by atoms with Crippen molar-refractivity contribution in [1.82, 2.24) is 21.2 Å². The second kappa shape index (κ2) is 9.14. The fourth-order valence-corrected chi connectivity index (χ4v) is 2.00.